The lowest BCUT2D eigenvalue weighted by Crippen LogP contribution is -2.39. The van der Waals surface area contributed by atoms with E-state index in [4.69, 9.17) is 9.84 Å². The number of carbonyl (C=O) groups excluding carboxylic acids is 1. The van der Waals surface area contributed by atoms with E-state index in [1.807, 2.05) is 0 Å². The molecule has 0 aliphatic heterocycles. The maximum Gasteiger partial charge on any atom is 0.219 e. The second-order valence-corrected chi connectivity index (χ2v) is 2.80. The zero-order valence-corrected chi connectivity index (χ0v) is 8.06. The second-order valence-electron chi connectivity index (χ2n) is 2.80. The van der Waals surface area contributed by atoms with Gasteiger partial charge in [-0.1, -0.05) is 0 Å². The topological polar surface area (TPSA) is 70.0 Å². The van der Waals surface area contributed by atoms with Crippen molar-refractivity contribution in [3.05, 3.63) is 0 Å². The van der Waals surface area contributed by atoms with Crippen molar-refractivity contribution in [3.8, 4) is 0 Å². The fourth-order valence-electron chi connectivity index (χ4n) is 0.997. The van der Waals surface area contributed by atoms with Crippen LogP contribution < -0.4 is 0 Å². The van der Waals surface area contributed by atoms with Gasteiger partial charge in [0.05, 0.1) is 19.3 Å². The highest BCUT2D eigenvalue weighted by Crippen LogP contribution is 1.93. The van der Waals surface area contributed by atoms with E-state index in [1.54, 1.807) is 0 Å². The van der Waals surface area contributed by atoms with E-state index in [1.165, 1.54) is 18.9 Å². The van der Waals surface area contributed by atoms with Crippen molar-refractivity contribution in [2.45, 2.75) is 13.0 Å². The number of methoxy groups -OCH3 is 1. The van der Waals surface area contributed by atoms with E-state index in [2.05, 4.69) is 0 Å². The first-order valence-corrected chi connectivity index (χ1v) is 4.15. The summed E-state index contributed by atoms with van der Waals surface area (Å²) in [5, 5.41) is 17.9. The molecule has 0 saturated heterocycles. The van der Waals surface area contributed by atoms with Crippen LogP contribution in [0.1, 0.15) is 6.92 Å². The first-order valence-electron chi connectivity index (χ1n) is 4.15. The highest BCUT2D eigenvalue weighted by Gasteiger charge is 2.13. The molecule has 5 nitrogen and oxygen atoms in total. The molecule has 0 aromatic heterocycles. The molecule has 0 saturated carbocycles. The van der Waals surface area contributed by atoms with E-state index in [0.717, 1.165) is 0 Å². The third-order valence-corrected chi connectivity index (χ3v) is 1.61. The van der Waals surface area contributed by atoms with Gasteiger partial charge < -0.3 is 19.8 Å². The summed E-state index contributed by atoms with van der Waals surface area (Å²) < 4.78 is 4.71. The number of amides is 1. The molecule has 1 unspecified atom stereocenters. The van der Waals surface area contributed by atoms with Gasteiger partial charge in [-0.25, -0.2) is 0 Å². The molecule has 0 aliphatic carbocycles. The summed E-state index contributed by atoms with van der Waals surface area (Å²) in [6, 6.07) is 0. The van der Waals surface area contributed by atoms with E-state index in [-0.39, 0.29) is 32.2 Å². The fourth-order valence-corrected chi connectivity index (χ4v) is 0.997. The third kappa shape index (κ3) is 5.57. The van der Waals surface area contributed by atoms with Crippen molar-refractivity contribution < 1.29 is 19.7 Å². The summed E-state index contributed by atoms with van der Waals surface area (Å²) in [6.45, 7) is 1.93. The predicted octanol–water partition coefficient (Wildman–Crippen LogP) is -1.17. The zero-order valence-electron chi connectivity index (χ0n) is 8.06. The average molecular weight is 191 g/mol. The summed E-state index contributed by atoms with van der Waals surface area (Å²) in [5.74, 6) is -0.163. The number of carbonyl (C=O) groups is 1. The van der Waals surface area contributed by atoms with Crippen molar-refractivity contribution in [1.82, 2.24) is 4.90 Å². The van der Waals surface area contributed by atoms with Gasteiger partial charge in [0, 0.05) is 27.1 Å². The van der Waals surface area contributed by atoms with Crippen LogP contribution >= 0.6 is 0 Å². The van der Waals surface area contributed by atoms with Gasteiger partial charge in [0.2, 0.25) is 5.91 Å². The van der Waals surface area contributed by atoms with Crippen molar-refractivity contribution in [2.75, 3.05) is 33.4 Å². The third-order valence-electron chi connectivity index (χ3n) is 1.61. The molecule has 0 heterocycles. The average Bonchev–Trinajstić information content (AvgIpc) is 2.04. The number of rotatable bonds is 6. The largest absolute Gasteiger partial charge is 0.395 e. The van der Waals surface area contributed by atoms with E-state index < -0.39 is 6.10 Å². The lowest BCUT2D eigenvalue weighted by atomic mass is 10.3. The SMILES string of the molecule is COCC(O)CN(CCO)C(C)=O. The van der Waals surface area contributed by atoms with Crippen LogP contribution in [0.5, 0.6) is 0 Å². The first kappa shape index (κ1) is 12.3. The molecule has 0 aliphatic rings. The summed E-state index contributed by atoms with van der Waals surface area (Å²) in [4.78, 5) is 12.3. The standard InChI is InChI=1S/C8H17NO4/c1-7(11)9(3-4-10)5-8(12)6-13-2/h8,10,12H,3-6H2,1-2H3. The van der Waals surface area contributed by atoms with Gasteiger partial charge in [-0.05, 0) is 0 Å². The number of nitrogens with zero attached hydrogens (tertiary/aromatic N) is 1. The van der Waals surface area contributed by atoms with Crippen LogP contribution in [0.4, 0.5) is 0 Å². The van der Waals surface area contributed by atoms with Crippen LogP contribution in [-0.4, -0.2) is 60.5 Å². The Labute approximate surface area is 77.9 Å². The molecular weight excluding hydrogens is 174 g/mol. The molecule has 5 heteroatoms. The molecule has 0 spiro atoms. The number of ether oxygens (including phenoxy) is 1. The highest BCUT2D eigenvalue weighted by molar-refractivity contribution is 5.73. The van der Waals surface area contributed by atoms with Crippen LogP contribution in [0.25, 0.3) is 0 Å². The van der Waals surface area contributed by atoms with Crippen molar-refractivity contribution in [1.29, 1.82) is 0 Å². The van der Waals surface area contributed by atoms with Gasteiger partial charge in [0.15, 0.2) is 0 Å². The number of aliphatic hydroxyl groups is 2. The molecule has 0 fully saturated rings. The smallest absolute Gasteiger partial charge is 0.219 e. The van der Waals surface area contributed by atoms with Gasteiger partial charge in [0.25, 0.3) is 0 Å². The molecular formula is C8H17NO4. The molecule has 0 radical (unpaired) electrons. The minimum atomic E-state index is -0.694. The highest BCUT2D eigenvalue weighted by atomic mass is 16.5. The normalized spacial score (nSPS) is 12.6. The monoisotopic (exact) mass is 191 g/mol. The Morgan fingerprint density at radius 3 is 2.62 bits per heavy atom. The lowest BCUT2D eigenvalue weighted by molar-refractivity contribution is -0.131. The first-order chi connectivity index (χ1) is 6.11. The van der Waals surface area contributed by atoms with Gasteiger partial charge in [0.1, 0.15) is 0 Å². The van der Waals surface area contributed by atoms with Gasteiger partial charge in [-0.2, -0.15) is 0 Å². The van der Waals surface area contributed by atoms with Crippen LogP contribution in [0.2, 0.25) is 0 Å². The van der Waals surface area contributed by atoms with Crippen LogP contribution in [-0.2, 0) is 9.53 Å². The Kier molecular flexibility index (Phi) is 6.48. The zero-order chi connectivity index (χ0) is 10.3. The lowest BCUT2D eigenvalue weighted by Gasteiger charge is -2.22. The molecule has 0 aromatic carbocycles. The van der Waals surface area contributed by atoms with Crippen LogP contribution in [0.3, 0.4) is 0 Å². The van der Waals surface area contributed by atoms with E-state index in [9.17, 15) is 9.90 Å². The van der Waals surface area contributed by atoms with Crippen LogP contribution in [0, 0.1) is 0 Å². The maximum absolute atomic E-state index is 10.9. The van der Waals surface area contributed by atoms with Crippen molar-refractivity contribution >= 4 is 5.91 Å². The Balaban J connectivity index is 3.86. The molecule has 2 N–H and O–H groups in total. The van der Waals surface area contributed by atoms with Gasteiger partial charge in [-0.3, -0.25) is 4.79 Å². The Morgan fingerprint density at radius 1 is 1.62 bits per heavy atom. The molecule has 0 rings (SSSR count). The van der Waals surface area contributed by atoms with E-state index in [0.29, 0.717) is 0 Å². The van der Waals surface area contributed by atoms with Gasteiger partial charge >= 0.3 is 0 Å². The summed E-state index contributed by atoms with van der Waals surface area (Å²) in [6.07, 6.45) is -0.694. The Hall–Kier alpha value is -0.650. The van der Waals surface area contributed by atoms with Crippen molar-refractivity contribution in [2.24, 2.45) is 0 Å². The molecule has 78 valence electrons. The van der Waals surface area contributed by atoms with Crippen LogP contribution in [0.15, 0.2) is 0 Å². The minimum Gasteiger partial charge on any atom is -0.395 e. The van der Waals surface area contributed by atoms with E-state index >= 15 is 0 Å². The molecule has 0 aromatic rings. The molecule has 13 heavy (non-hydrogen) atoms. The quantitative estimate of drug-likeness (QED) is 0.555. The number of hydrogen-bond acceptors (Lipinski definition) is 4. The minimum absolute atomic E-state index is 0.0979. The van der Waals surface area contributed by atoms with Gasteiger partial charge in [-0.15, -0.1) is 0 Å². The number of hydrogen-bond donors (Lipinski definition) is 2. The second kappa shape index (κ2) is 6.82. The predicted molar refractivity (Wildman–Crippen MR) is 47.2 cm³/mol. The summed E-state index contributed by atoms with van der Waals surface area (Å²) in [7, 11) is 1.48. The number of aliphatic hydroxyl groups excluding tert-OH is 2. The maximum atomic E-state index is 10.9. The Morgan fingerprint density at radius 2 is 2.23 bits per heavy atom. The summed E-state index contributed by atoms with van der Waals surface area (Å²) >= 11 is 0. The molecule has 1 atom stereocenters. The fraction of sp³-hybridized carbons (Fsp3) is 0.875. The summed E-state index contributed by atoms with van der Waals surface area (Å²) in [5.41, 5.74) is 0. The molecule has 0 bridgehead atoms. The molecule has 1 amide bonds. The Bertz CT molecular complexity index is 151. The van der Waals surface area contributed by atoms with Crippen molar-refractivity contribution in [3.63, 3.8) is 0 Å².